The second kappa shape index (κ2) is 36.6. The van der Waals surface area contributed by atoms with Gasteiger partial charge in [-0.05, 0) is 32.1 Å². The van der Waals surface area contributed by atoms with Crippen molar-refractivity contribution in [3.63, 3.8) is 0 Å². The number of rotatable bonds is 38. The highest BCUT2D eigenvalue weighted by Crippen LogP contribution is 2.38. The molecule has 0 aliphatic carbocycles. The van der Waals surface area contributed by atoms with Crippen LogP contribution in [0, 0.1) is 0 Å². The van der Waals surface area contributed by atoms with Gasteiger partial charge in [-0.25, -0.2) is 0 Å². The second-order valence-electron chi connectivity index (χ2n) is 15.4. The predicted octanol–water partition coefficient (Wildman–Crippen LogP) is 11.3. The molecule has 0 aromatic carbocycles. The van der Waals surface area contributed by atoms with Crippen molar-refractivity contribution in [2.45, 2.75) is 174 Å². The number of carbonyl (C=O) groups excluding carboxylic acids is 2. The van der Waals surface area contributed by atoms with Gasteiger partial charge in [0, 0.05) is 12.8 Å². The molecule has 54 heavy (non-hydrogen) atoms. The Morgan fingerprint density at radius 3 is 1.57 bits per heavy atom. The Hall–Kier alpha value is -2.03. The van der Waals surface area contributed by atoms with Gasteiger partial charge in [0.05, 0.1) is 27.7 Å². The third-order valence-corrected chi connectivity index (χ3v) is 9.92. The number of likely N-dealkylation sites (N-methyl/N-ethyl adjacent to an activating group) is 1. The minimum absolute atomic E-state index is 0.0366. The molecule has 0 bridgehead atoms. The first-order valence-corrected chi connectivity index (χ1v) is 22.9. The molecule has 0 fully saturated rings. The van der Waals surface area contributed by atoms with E-state index in [0.717, 1.165) is 57.8 Å². The van der Waals surface area contributed by atoms with Gasteiger partial charge in [0.1, 0.15) is 19.8 Å². The van der Waals surface area contributed by atoms with Crippen LogP contribution < -0.4 is 4.89 Å². The van der Waals surface area contributed by atoms with Gasteiger partial charge in [-0.3, -0.25) is 14.2 Å². The first-order valence-electron chi connectivity index (χ1n) is 21.4. The average molecular weight is 782 g/mol. The third kappa shape index (κ3) is 39.7. The van der Waals surface area contributed by atoms with Crippen LogP contribution >= 0.6 is 7.82 Å². The third-order valence-electron chi connectivity index (χ3n) is 8.96. The number of hydrogen-bond acceptors (Lipinski definition) is 8. The summed E-state index contributed by atoms with van der Waals surface area (Å²) in [6.07, 6.45) is 41.3. The predicted molar refractivity (Wildman–Crippen MR) is 222 cm³/mol. The Kier molecular flexibility index (Phi) is 35.2. The molecule has 0 radical (unpaired) electrons. The molecule has 314 valence electrons. The van der Waals surface area contributed by atoms with E-state index >= 15 is 0 Å². The number of ether oxygens (including phenoxy) is 2. The lowest BCUT2D eigenvalue weighted by molar-refractivity contribution is -0.870. The fourth-order valence-corrected chi connectivity index (χ4v) is 6.33. The van der Waals surface area contributed by atoms with E-state index in [1.54, 1.807) is 0 Å². The Balaban J connectivity index is 4.41. The van der Waals surface area contributed by atoms with E-state index in [0.29, 0.717) is 17.4 Å². The summed E-state index contributed by atoms with van der Waals surface area (Å²) in [5.74, 6) is -0.861. The molecule has 9 nitrogen and oxygen atoms in total. The summed E-state index contributed by atoms with van der Waals surface area (Å²) in [6.45, 7) is 4.06. The molecule has 0 saturated carbocycles. The SMILES string of the molecule is CC/C=C/C=C/C=C/C=C/CCCCCCCC(=O)O[C@H](COC(=O)CCCCCCCCCCCCCCCCC)COP(=O)([O-])OCC[N+](C)(C)C. The summed E-state index contributed by atoms with van der Waals surface area (Å²) in [6, 6.07) is 0. The molecule has 10 heteroatoms. The van der Waals surface area contributed by atoms with Gasteiger partial charge < -0.3 is 27.9 Å². The van der Waals surface area contributed by atoms with Gasteiger partial charge in [-0.15, -0.1) is 0 Å². The van der Waals surface area contributed by atoms with Crippen molar-refractivity contribution in [3.8, 4) is 0 Å². The van der Waals surface area contributed by atoms with Gasteiger partial charge >= 0.3 is 11.9 Å². The van der Waals surface area contributed by atoms with Gasteiger partial charge in [-0.1, -0.05) is 172 Å². The zero-order chi connectivity index (χ0) is 40.0. The molecule has 0 aliphatic rings. The summed E-state index contributed by atoms with van der Waals surface area (Å²) in [7, 11) is 1.14. The van der Waals surface area contributed by atoms with E-state index in [2.05, 4.69) is 32.1 Å². The van der Waals surface area contributed by atoms with Crippen LogP contribution in [-0.2, 0) is 32.7 Å². The monoisotopic (exact) mass is 782 g/mol. The number of phosphoric acid groups is 1. The summed E-state index contributed by atoms with van der Waals surface area (Å²) in [5, 5.41) is 0. The van der Waals surface area contributed by atoms with Gasteiger partial charge in [0.2, 0.25) is 0 Å². The average Bonchev–Trinajstić information content (AvgIpc) is 3.12. The molecule has 0 heterocycles. The van der Waals surface area contributed by atoms with Crippen LogP contribution in [0.3, 0.4) is 0 Å². The fraction of sp³-hybridized carbons (Fsp3) is 0.773. The van der Waals surface area contributed by atoms with Crippen LogP contribution in [0.5, 0.6) is 0 Å². The van der Waals surface area contributed by atoms with Crippen molar-refractivity contribution in [2.24, 2.45) is 0 Å². The van der Waals surface area contributed by atoms with Crippen molar-refractivity contribution >= 4 is 19.8 Å². The van der Waals surface area contributed by atoms with E-state index in [4.69, 9.17) is 18.5 Å². The summed E-state index contributed by atoms with van der Waals surface area (Å²) in [5.41, 5.74) is 0. The molecule has 0 aliphatic heterocycles. The lowest BCUT2D eigenvalue weighted by atomic mass is 10.0. The zero-order valence-electron chi connectivity index (χ0n) is 35.2. The molecule has 0 spiro atoms. The molecule has 0 N–H and O–H groups in total. The number of quaternary nitrogens is 1. The van der Waals surface area contributed by atoms with Crippen molar-refractivity contribution < 1.29 is 42.1 Å². The Labute approximate surface area is 331 Å². The number of esters is 2. The van der Waals surface area contributed by atoms with E-state index in [9.17, 15) is 19.0 Å². The Morgan fingerprint density at radius 1 is 0.593 bits per heavy atom. The highest BCUT2D eigenvalue weighted by Gasteiger charge is 2.21. The van der Waals surface area contributed by atoms with Crippen molar-refractivity contribution in [2.75, 3.05) is 47.5 Å². The lowest BCUT2D eigenvalue weighted by Crippen LogP contribution is -2.37. The van der Waals surface area contributed by atoms with Gasteiger partial charge in [0.15, 0.2) is 6.10 Å². The standard InChI is InChI=1S/C44H80NO8P/c1-6-8-10-12-14-16-18-20-22-24-26-28-30-32-34-36-43(46)50-40-42(41-52-54(48,49)51-39-38-45(3,4)5)53-44(47)37-35-33-31-29-27-25-23-21-19-17-15-13-11-9-7-2/h9,11,13,15,17,19,21,23,42H,6-8,10,12,14,16,18,20,22,24-41H2,1-5H3/b11-9+,15-13+,19-17+,23-21+/t42-/m1/s1. The number of unbranched alkanes of at least 4 members (excludes halogenated alkanes) is 19. The van der Waals surface area contributed by atoms with Crippen molar-refractivity contribution in [1.82, 2.24) is 0 Å². The molecule has 0 rings (SSSR count). The minimum atomic E-state index is -4.63. The van der Waals surface area contributed by atoms with Crippen LogP contribution in [0.2, 0.25) is 0 Å². The number of carbonyl (C=O) groups is 2. The minimum Gasteiger partial charge on any atom is -0.756 e. The number of nitrogens with zero attached hydrogens (tertiary/aromatic N) is 1. The molecular weight excluding hydrogens is 701 g/mol. The van der Waals surface area contributed by atoms with E-state index < -0.39 is 32.5 Å². The summed E-state index contributed by atoms with van der Waals surface area (Å²) < 4.78 is 33.8. The molecule has 0 saturated heterocycles. The van der Waals surface area contributed by atoms with Crippen LogP contribution in [0.4, 0.5) is 0 Å². The van der Waals surface area contributed by atoms with E-state index in [-0.39, 0.29) is 26.1 Å². The molecular formula is C44H80NO8P. The first kappa shape index (κ1) is 52.0. The molecule has 0 aromatic heterocycles. The van der Waals surface area contributed by atoms with Gasteiger partial charge in [0.25, 0.3) is 7.82 Å². The fourth-order valence-electron chi connectivity index (χ4n) is 5.61. The van der Waals surface area contributed by atoms with Crippen molar-refractivity contribution in [1.29, 1.82) is 0 Å². The molecule has 0 amide bonds. The topological polar surface area (TPSA) is 111 Å². The highest BCUT2D eigenvalue weighted by molar-refractivity contribution is 7.45. The first-order chi connectivity index (χ1) is 26.0. The van der Waals surface area contributed by atoms with Crippen LogP contribution in [0.1, 0.15) is 168 Å². The largest absolute Gasteiger partial charge is 0.756 e. The Bertz CT molecular complexity index is 1070. The number of allylic oxidation sites excluding steroid dienone is 8. The number of hydrogen-bond donors (Lipinski definition) is 0. The lowest BCUT2D eigenvalue weighted by Gasteiger charge is -2.28. The quantitative estimate of drug-likeness (QED) is 0.0200. The van der Waals surface area contributed by atoms with E-state index in [1.807, 2.05) is 51.5 Å². The van der Waals surface area contributed by atoms with Crippen molar-refractivity contribution in [3.05, 3.63) is 48.6 Å². The second-order valence-corrected chi connectivity index (χ2v) is 16.8. The highest BCUT2D eigenvalue weighted by atomic mass is 31.2. The normalized spacial score (nSPS) is 14.1. The van der Waals surface area contributed by atoms with E-state index in [1.165, 1.54) is 77.0 Å². The maximum atomic E-state index is 12.6. The molecule has 1 unspecified atom stereocenters. The molecule has 0 aromatic rings. The van der Waals surface area contributed by atoms with Crippen LogP contribution in [0.15, 0.2) is 48.6 Å². The summed E-state index contributed by atoms with van der Waals surface area (Å²) in [4.78, 5) is 37.5. The van der Waals surface area contributed by atoms with Gasteiger partial charge in [-0.2, -0.15) is 0 Å². The maximum absolute atomic E-state index is 12.6. The Morgan fingerprint density at radius 2 is 1.06 bits per heavy atom. The molecule has 2 atom stereocenters. The number of phosphoric ester groups is 1. The maximum Gasteiger partial charge on any atom is 0.306 e. The van der Waals surface area contributed by atoms with Crippen LogP contribution in [0.25, 0.3) is 0 Å². The van der Waals surface area contributed by atoms with Crippen LogP contribution in [-0.4, -0.2) is 70.0 Å². The smallest absolute Gasteiger partial charge is 0.306 e. The zero-order valence-corrected chi connectivity index (χ0v) is 36.0. The summed E-state index contributed by atoms with van der Waals surface area (Å²) >= 11 is 0.